The van der Waals surface area contributed by atoms with Crippen molar-refractivity contribution in [3.8, 4) is 0 Å². The van der Waals surface area contributed by atoms with Crippen LogP contribution in [0.5, 0.6) is 0 Å². The Balaban J connectivity index is 1.67. The number of Topliss-reactive ketones (excluding diaryl/α,β-unsaturated/α-hetero) is 1. The first-order valence-electron chi connectivity index (χ1n) is 15.8. The molecule has 0 aromatic heterocycles. The van der Waals surface area contributed by atoms with E-state index in [1.807, 2.05) is 30.0 Å². The summed E-state index contributed by atoms with van der Waals surface area (Å²) in [6.45, 7) is 10.6. The highest BCUT2D eigenvalue weighted by Gasteiger charge is 2.49. The Morgan fingerprint density at radius 3 is 2.14 bits per heavy atom. The fourth-order valence-corrected chi connectivity index (χ4v) is 6.92. The third-order valence-corrected chi connectivity index (χ3v) is 10.1. The Morgan fingerprint density at radius 1 is 1.00 bits per heavy atom. The molecular weight excluding hydrogens is 565 g/mol. The second-order valence-electron chi connectivity index (χ2n) is 13.2. The van der Waals surface area contributed by atoms with Crippen LogP contribution in [0.15, 0.2) is 54.6 Å². The molecule has 4 rings (SSSR count). The van der Waals surface area contributed by atoms with Crippen LogP contribution in [0.4, 0.5) is 13.2 Å². The minimum absolute atomic E-state index is 0.00330. The number of halogens is 3. The van der Waals surface area contributed by atoms with E-state index in [2.05, 4.69) is 26.1 Å². The van der Waals surface area contributed by atoms with Crippen molar-refractivity contribution in [2.45, 2.75) is 104 Å². The van der Waals surface area contributed by atoms with Crippen molar-refractivity contribution in [1.82, 2.24) is 10.2 Å². The first kappa shape index (κ1) is 33.5. The van der Waals surface area contributed by atoms with Gasteiger partial charge in [-0.1, -0.05) is 64.5 Å². The van der Waals surface area contributed by atoms with E-state index in [1.165, 1.54) is 19.1 Å². The van der Waals surface area contributed by atoms with E-state index in [1.54, 1.807) is 12.1 Å². The molecule has 1 atom stereocenters. The maximum Gasteiger partial charge on any atom is 0.416 e. The number of carbonyl (C=O) groups is 3. The van der Waals surface area contributed by atoms with Crippen LogP contribution in [0.1, 0.15) is 119 Å². The summed E-state index contributed by atoms with van der Waals surface area (Å²) in [7, 11) is 0. The van der Waals surface area contributed by atoms with Gasteiger partial charge in [0, 0.05) is 29.6 Å². The summed E-state index contributed by atoms with van der Waals surface area (Å²) in [5, 5.41) is 2.77. The molecule has 8 heteroatoms. The molecule has 2 aromatic rings. The van der Waals surface area contributed by atoms with Gasteiger partial charge in [0.1, 0.15) is 5.78 Å². The zero-order valence-corrected chi connectivity index (χ0v) is 26.5. The van der Waals surface area contributed by atoms with Crippen molar-refractivity contribution in [2.24, 2.45) is 11.3 Å². The number of ketones is 1. The van der Waals surface area contributed by atoms with Gasteiger partial charge in [-0.25, -0.2) is 0 Å². The monoisotopic (exact) mass is 610 g/mol. The Labute approximate surface area is 259 Å². The van der Waals surface area contributed by atoms with Crippen LogP contribution in [0, 0.1) is 11.3 Å². The number of carbonyl (C=O) groups excluding carboxylic acids is 3. The van der Waals surface area contributed by atoms with Crippen molar-refractivity contribution in [3.63, 3.8) is 0 Å². The predicted molar refractivity (Wildman–Crippen MR) is 167 cm³/mol. The molecule has 1 saturated carbocycles. The predicted octanol–water partition coefficient (Wildman–Crippen LogP) is 8.55. The van der Waals surface area contributed by atoms with Gasteiger partial charge < -0.3 is 10.2 Å². The van der Waals surface area contributed by atoms with Gasteiger partial charge >= 0.3 is 6.18 Å². The lowest BCUT2D eigenvalue weighted by Crippen LogP contribution is -2.57. The number of hydrogen-bond donors (Lipinski definition) is 1. The van der Waals surface area contributed by atoms with E-state index in [0.29, 0.717) is 35.5 Å². The van der Waals surface area contributed by atoms with E-state index >= 15 is 0 Å². The van der Waals surface area contributed by atoms with E-state index in [-0.39, 0.29) is 42.0 Å². The van der Waals surface area contributed by atoms with E-state index < -0.39 is 17.3 Å². The van der Waals surface area contributed by atoms with Crippen LogP contribution in [0.2, 0.25) is 0 Å². The van der Waals surface area contributed by atoms with Gasteiger partial charge in [-0.3, -0.25) is 14.4 Å². The second kappa shape index (κ2) is 13.3. The van der Waals surface area contributed by atoms with Crippen molar-refractivity contribution < 1.29 is 27.6 Å². The molecule has 0 saturated heterocycles. The van der Waals surface area contributed by atoms with E-state index in [0.717, 1.165) is 49.8 Å². The maximum absolute atomic E-state index is 14.5. The van der Waals surface area contributed by atoms with E-state index in [4.69, 9.17) is 0 Å². The summed E-state index contributed by atoms with van der Waals surface area (Å²) in [5.74, 6) is 0.127. The van der Waals surface area contributed by atoms with Crippen LogP contribution < -0.4 is 5.32 Å². The number of nitrogens with one attached hydrogen (secondary N) is 1. The molecule has 1 unspecified atom stereocenters. The number of benzene rings is 2. The molecule has 1 fully saturated rings. The number of alkyl halides is 3. The number of hydrogen-bond acceptors (Lipinski definition) is 3. The van der Waals surface area contributed by atoms with Crippen molar-refractivity contribution in [3.05, 3.63) is 76.9 Å². The lowest BCUT2D eigenvalue weighted by atomic mass is 9.63. The van der Waals surface area contributed by atoms with Crippen LogP contribution in [-0.4, -0.2) is 34.6 Å². The molecule has 0 bridgehead atoms. The van der Waals surface area contributed by atoms with Crippen LogP contribution >= 0.6 is 0 Å². The van der Waals surface area contributed by atoms with Crippen molar-refractivity contribution in [2.75, 3.05) is 6.54 Å². The molecule has 2 aromatic carbocycles. The van der Waals surface area contributed by atoms with Gasteiger partial charge in [-0.05, 0) is 92.2 Å². The lowest BCUT2D eigenvalue weighted by molar-refractivity contribution is -0.139. The molecule has 1 heterocycles. The van der Waals surface area contributed by atoms with Crippen LogP contribution in [0.25, 0.3) is 5.57 Å². The lowest BCUT2D eigenvalue weighted by Gasteiger charge is -2.54. The molecule has 2 aliphatic rings. The SMILES string of the molecule is CCC(c1ccc(C(=O)NCCC(C)=O)cc1)N1C(=O)C(c2ccc(C(F)(F)F)cc2)=CCC12CCC(C(C)(C)CC)CC2. The number of nitrogens with zero attached hydrogens (tertiary/aromatic N) is 1. The minimum atomic E-state index is -4.45. The normalized spacial score (nSPS) is 21.6. The first-order valence-corrected chi connectivity index (χ1v) is 15.8. The van der Waals surface area contributed by atoms with Crippen LogP contribution in [-0.2, 0) is 15.8 Å². The molecule has 5 nitrogen and oxygen atoms in total. The molecular formula is C36H45F3N2O3. The summed E-state index contributed by atoms with van der Waals surface area (Å²) in [6.07, 6.45) is 3.84. The minimum Gasteiger partial charge on any atom is -0.352 e. The highest BCUT2D eigenvalue weighted by atomic mass is 19.4. The molecule has 1 N–H and O–H groups in total. The average Bonchev–Trinajstić information content (AvgIpc) is 2.99. The topological polar surface area (TPSA) is 66.5 Å². The molecule has 0 radical (unpaired) electrons. The van der Waals surface area contributed by atoms with Gasteiger partial charge in [0.25, 0.3) is 11.8 Å². The maximum atomic E-state index is 14.5. The number of amides is 2. The zero-order chi connectivity index (χ0) is 32.3. The largest absolute Gasteiger partial charge is 0.416 e. The van der Waals surface area contributed by atoms with Gasteiger partial charge in [0.05, 0.1) is 11.6 Å². The quantitative estimate of drug-likeness (QED) is 0.293. The third-order valence-electron chi connectivity index (χ3n) is 10.1. The van der Waals surface area contributed by atoms with Gasteiger partial charge in [-0.15, -0.1) is 0 Å². The highest BCUT2D eigenvalue weighted by molar-refractivity contribution is 6.20. The average molecular weight is 611 g/mol. The smallest absolute Gasteiger partial charge is 0.352 e. The standard InChI is InChI=1S/C36H45F3N2O3/c1-6-31(26-8-10-27(11-9-26)32(43)40-23-19-24(3)42)41-33(44)30(25-12-14-29(15-13-25)36(37,38)39)18-22-35(41)20-16-28(17-21-35)34(4,5)7-2/h8-15,18,28,31H,6-7,16-17,19-23H2,1-5H3,(H,40,43). The van der Waals surface area contributed by atoms with Gasteiger partial charge in [0.2, 0.25) is 0 Å². The molecule has 1 aliphatic heterocycles. The molecule has 44 heavy (non-hydrogen) atoms. The number of rotatable bonds is 10. The first-order chi connectivity index (χ1) is 20.7. The zero-order valence-electron chi connectivity index (χ0n) is 26.5. The summed E-state index contributed by atoms with van der Waals surface area (Å²) in [6, 6.07) is 11.8. The van der Waals surface area contributed by atoms with Crippen molar-refractivity contribution in [1.29, 1.82) is 0 Å². The molecule has 238 valence electrons. The summed E-state index contributed by atoms with van der Waals surface area (Å²) in [4.78, 5) is 40.4. The Hall–Kier alpha value is -3.42. The summed E-state index contributed by atoms with van der Waals surface area (Å²) < 4.78 is 39.8. The third kappa shape index (κ3) is 7.10. The molecule has 2 amide bonds. The van der Waals surface area contributed by atoms with Gasteiger partial charge in [0.15, 0.2) is 0 Å². The fourth-order valence-electron chi connectivity index (χ4n) is 6.92. The summed E-state index contributed by atoms with van der Waals surface area (Å²) >= 11 is 0. The Bertz CT molecular complexity index is 1370. The Morgan fingerprint density at radius 2 is 1.61 bits per heavy atom. The fraction of sp³-hybridized carbons (Fsp3) is 0.528. The molecule has 1 spiro atoms. The second-order valence-corrected chi connectivity index (χ2v) is 13.2. The van der Waals surface area contributed by atoms with Gasteiger partial charge in [-0.2, -0.15) is 13.2 Å². The molecule has 1 aliphatic carbocycles. The van der Waals surface area contributed by atoms with Crippen LogP contribution in [0.3, 0.4) is 0 Å². The Kier molecular flexibility index (Phi) is 10.1. The van der Waals surface area contributed by atoms with Crippen molar-refractivity contribution >= 4 is 23.2 Å². The summed E-state index contributed by atoms with van der Waals surface area (Å²) in [5.41, 5.74) is 1.36. The van der Waals surface area contributed by atoms with E-state index in [9.17, 15) is 27.6 Å². The highest BCUT2D eigenvalue weighted by Crippen LogP contribution is 2.51.